The van der Waals surface area contributed by atoms with Gasteiger partial charge in [0.1, 0.15) is 5.76 Å². The van der Waals surface area contributed by atoms with Gasteiger partial charge < -0.3 is 14.5 Å². The molecular formula is C15H12ClNO4. The number of furan rings is 1. The number of ether oxygens (including phenoxy) is 1. The molecule has 2 aromatic rings. The number of esters is 1. The smallest absolute Gasteiger partial charge is 0.337 e. The summed E-state index contributed by atoms with van der Waals surface area (Å²) in [5, 5.41) is 2.91. The predicted octanol–water partition coefficient (Wildman–Crippen LogP) is 3.37. The van der Waals surface area contributed by atoms with Crippen molar-refractivity contribution < 1.29 is 18.7 Å². The van der Waals surface area contributed by atoms with Crippen LogP contribution in [0.15, 0.2) is 47.1 Å². The van der Waals surface area contributed by atoms with Crippen molar-refractivity contribution in [1.82, 2.24) is 0 Å². The summed E-state index contributed by atoms with van der Waals surface area (Å²) in [6.07, 6.45) is 4.33. The molecule has 2 rings (SSSR count). The van der Waals surface area contributed by atoms with Crippen LogP contribution in [0, 0.1) is 0 Å². The van der Waals surface area contributed by atoms with Crippen LogP contribution in [-0.2, 0) is 9.53 Å². The molecule has 0 spiro atoms. The van der Waals surface area contributed by atoms with Gasteiger partial charge in [0.05, 0.1) is 29.6 Å². The number of anilines is 1. The number of halogens is 1. The molecule has 0 aliphatic heterocycles. The summed E-state index contributed by atoms with van der Waals surface area (Å²) in [7, 11) is 1.28. The average Bonchev–Trinajstić information content (AvgIpc) is 3.00. The molecule has 0 fully saturated rings. The van der Waals surface area contributed by atoms with Gasteiger partial charge in [-0.15, -0.1) is 0 Å². The summed E-state index contributed by atoms with van der Waals surface area (Å²) in [5.74, 6) is -0.344. The van der Waals surface area contributed by atoms with E-state index in [-0.39, 0.29) is 0 Å². The van der Waals surface area contributed by atoms with E-state index < -0.39 is 11.9 Å². The molecule has 108 valence electrons. The first-order chi connectivity index (χ1) is 10.1. The average molecular weight is 306 g/mol. The van der Waals surface area contributed by atoms with Crippen LogP contribution < -0.4 is 5.32 Å². The molecular weight excluding hydrogens is 294 g/mol. The number of benzene rings is 1. The van der Waals surface area contributed by atoms with E-state index in [9.17, 15) is 9.59 Å². The van der Waals surface area contributed by atoms with Gasteiger partial charge in [0, 0.05) is 6.08 Å². The monoisotopic (exact) mass is 305 g/mol. The van der Waals surface area contributed by atoms with Gasteiger partial charge in [-0.1, -0.05) is 11.6 Å². The quantitative estimate of drug-likeness (QED) is 0.694. The number of rotatable bonds is 4. The Morgan fingerprint density at radius 3 is 2.81 bits per heavy atom. The van der Waals surface area contributed by atoms with E-state index in [0.29, 0.717) is 22.0 Å². The Hall–Kier alpha value is -2.53. The maximum Gasteiger partial charge on any atom is 0.337 e. The van der Waals surface area contributed by atoms with Gasteiger partial charge in [-0.3, -0.25) is 4.79 Å². The summed E-state index contributed by atoms with van der Waals surface area (Å²) in [4.78, 5) is 23.2. The lowest BCUT2D eigenvalue weighted by Crippen LogP contribution is -2.09. The lowest BCUT2D eigenvalue weighted by atomic mass is 10.2. The van der Waals surface area contributed by atoms with Crippen molar-refractivity contribution in [3.05, 3.63) is 59.0 Å². The van der Waals surface area contributed by atoms with Crippen molar-refractivity contribution in [3.63, 3.8) is 0 Å². The lowest BCUT2D eigenvalue weighted by Gasteiger charge is -2.07. The second kappa shape index (κ2) is 6.76. The van der Waals surface area contributed by atoms with E-state index in [2.05, 4.69) is 10.1 Å². The third kappa shape index (κ3) is 3.97. The molecule has 1 aromatic carbocycles. The van der Waals surface area contributed by atoms with Crippen LogP contribution in [0.1, 0.15) is 16.1 Å². The standard InChI is InChI=1S/C15H12ClNO4/c1-20-15(19)10-4-6-12(16)13(9-10)17-14(18)7-5-11-3-2-8-21-11/h2-9H,1H3,(H,17,18). The Labute approximate surface area is 126 Å². The van der Waals surface area contributed by atoms with E-state index in [1.807, 2.05) is 0 Å². The SMILES string of the molecule is COC(=O)c1ccc(Cl)c(NC(=O)C=Cc2ccco2)c1. The molecule has 1 aromatic heterocycles. The normalized spacial score (nSPS) is 10.6. The zero-order valence-corrected chi connectivity index (χ0v) is 11.9. The molecule has 0 unspecified atom stereocenters. The maximum atomic E-state index is 11.8. The second-order valence-electron chi connectivity index (χ2n) is 4.02. The van der Waals surface area contributed by atoms with Crippen molar-refractivity contribution in [1.29, 1.82) is 0 Å². The molecule has 0 saturated heterocycles. The zero-order chi connectivity index (χ0) is 15.2. The lowest BCUT2D eigenvalue weighted by molar-refractivity contribution is -0.111. The van der Waals surface area contributed by atoms with Crippen LogP contribution in [0.4, 0.5) is 5.69 Å². The van der Waals surface area contributed by atoms with E-state index in [1.165, 1.54) is 43.7 Å². The number of amides is 1. The number of carbonyl (C=O) groups excluding carboxylic acids is 2. The highest BCUT2D eigenvalue weighted by Crippen LogP contribution is 2.23. The first kappa shape index (κ1) is 14.9. The van der Waals surface area contributed by atoms with Crippen LogP contribution in [-0.4, -0.2) is 19.0 Å². The summed E-state index contributed by atoms with van der Waals surface area (Å²) in [6.45, 7) is 0. The molecule has 1 heterocycles. The number of hydrogen-bond donors (Lipinski definition) is 1. The van der Waals surface area contributed by atoms with Gasteiger partial charge >= 0.3 is 5.97 Å². The number of carbonyl (C=O) groups is 2. The Kier molecular flexibility index (Phi) is 4.79. The highest BCUT2D eigenvalue weighted by Gasteiger charge is 2.10. The minimum atomic E-state index is -0.506. The molecule has 0 atom stereocenters. The van der Waals surface area contributed by atoms with Gasteiger partial charge in [-0.2, -0.15) is 0 Å². The van der Waals surface area contributed by atoms with Crippen LogP contribution >= 0.6 is 11.6 Å². The zero-order valence-electron chi connectivity index (χ0n) is 11.1. The third-order valence-electron chi connectivity index (χ3n) is 2.59. The largest absolute Gasteiger partial charge is 0.465 e. The molecule has 0 aliphatic rings. The Morgan fingerprint density at radius 2 is 2.14 bits per heavy atom. The van der Waals surface area contributed by atoms with Crippen molar-refractivity contribution in [2.24, 2.45) is 0 Å². The second-order valence-corrected chi connectivity index (χ2v) is 4.43. The number of nitrogens with one attached hydrogen (secondary N) is 1. The van der Waals surface area contributed by atoms with Crippen LogP contribution in [0.2, 0.25) is 5.02 Å². The maximum absolute atomic E-state index is 11.8. The Morgan fingerprint density at radius 1 is 1.33 bits per heavy atom. The van der Waals surface area contributed by atoms with Gasteiger partial charge in [0.15, 0.2) is 0 Å². The number of hydrogen-bond acceptors (Lipinski definition) is 4. The van der Waals surface area contributed by atoms with E-state index >= 15 is 0 Å². The Balaban J connectivity index is 2.11. The van der Waals surface area contributed by atoms with Gasteiger partial charge in [-0.25, -0.2) is 4.79 Å². The first-order valence-corrected chi connectivity index (χ1v) is 6.38. The topological polar surface area (TPSA) is 68.5 Å². The van der Waals surface area contributed by atoms with E-state index in [0.717, 1.165) is 0 Å². The van der Waals surface area contributed by atoms with Gasteiger partial charge in [0.2, 0.25) is 5.91 Å². The van der Waals surface area contributed by atoms with E-state index in [1.54, 1.807) is 12.1 Å². The molecule has 5 nitrogen and oxygen atoms in total. The Bertz CT molecular complexity index is 677. The number of methoxy groups -OCH3 is 1. The fraction of sp³-hybridized carbons (Fsp3) is 0.0667. The molecule has 0 saturated carbocycles. The van der Waals surface area contributed by atoms with E-state index in [4.69, 9.17) is 16.0 Å². The van der Waals surface area contributed by atoms with Crippen LogP contribution in [0.3, 0.4) is 0 Å². The molecule has 1 amide bonds. The predicted molar refractivity (Wildman–Crippen MR) is 79.2 cm³/mol. The van der Waals surface area contributed by atoms with Crippen molar-refractivity contribution in [2.45, 2.75) is 0 Å². The van der Waals surface area contributed by atoms with Crippen molar-refractivity contribution in [2.75, 3.05) is 12.4 Å². The highest BCUT2D eigenvalue weighted by molar-refractivity contribution is 6.34. The molecule has 0 aliphatic carbocycles. The summed E-state index contributed by atoms with van der Waals surface area (Å²) in [6, 6.07) is 7.91. The summed E-state index contributed by atoms with van der Waals surface area (Å²) in [5.41, 5.74) is 0.626. The van der Waals surface area contributed by atoms with Crippen molar-refractivity contribution in [3.8, 4) is 0 Å². The van der Waals surface area contributed by atoms with Crippen LogP contribution in [0.25, 0.3) is 6.08 Å². The summed E-state index contributed by atoms with van der Waals surface area (Å²) >= 11 is 5.98. The molecule has 0 bridgehead atoms. The molecule has 0 radical (unpaired) electrons. The van der Waals surface area contributed by atoms with Gasteiger partial charge in [0.25, 0.3) is 0 Å². The molecule has 1 N–H and O–H groups in total. The minimum Gasteiger partial charge on any atom is -0.465 e. The summed E-state index contributed by atoms with van der Waals surface area (Å²) < 4.78 is 9.68. The van der Waals surface area contributed by atoms with Crippen LogP contribution in [0.5, 0.6) is 0 Å². The fourth-order valence-electron chi connectivity index (χ4n) is 1.58. The highest BCUT2D eigenvalue weighted by atomic mass is 35.5. The molecule has 21 heavy (non-hydrogen) atoms. The minimum absolute atomic E-state index is 0.298. The fourth-order valence-corrected chi connectivity index (χ4v) is 1.75. The first-order valence-electron chi connectivity index (χ1n) is 6.00. The molecule has 6 heteroatoms. The van der Waals surface area contributed by atoms with Gasteiger partial charge in [-0.05, 0) is 36.4 Å². The van der Waals surface area contributed by atoms with Crippen molar-refractivity contribution >= 4 is 35.2 Å². The third-order valence-corrected chi connectivity index (χ3v) is 2.92.